The summed E-state index contributed by atoms with van der Waals surface area (Å²) in [6, 6.07) is 4.41. The average Bonchev–Trinajstić information content (AvgIpc) is 3.20. The van der Waals surface area contributed by atoms with Gasteiger partial charge in [-0.25, -0.2) is 23.4 Å². The molecule has 2 aliphatic rings. The Morgan fingerprint density at radius 3 is 2.75 bits per heavy atom. The minimum Gasteiger partial charge on any atom is -0.363 e. The quantitative estimate of drug-likeness (QED) is 0.656. The van der Waals surface area contributed by atoms with Gasteiger partial charge in [-0.15, -0.1) is 0 Å². The zero-order chi connectivity index (χ0) is 22.7. The predicted molar refractivity (Wildman–Crippen MR) is 126 cm³/mol. The van der Waals surface area contributed by atoms with Crippen molar-refractivity contribution in [1.29, 1.82) is 0 Å². The van der Waals surface area contributed by atoms with E-state index in [1.54, 1.807) is 10.6 Å². The third kappa shape index (κ3) is 3.49. The van der Waals surface area contributed by atoms with Gasteiger partial charge in [-0.3, -0.25) is 0 Å². The van der Waals surface area contributed by atoms with Crippen molar-refractivity contribution in [1.82, 2.24) is 24.2 Å². The van der Waals surface area contributed by atoms with E-state index in [0.717, 1.165) is 45.7 Å². The van der Waals surface area contributed by atoms with Crippen molar-refractivity contribution in [3.05, 3.63) is 53.9 Å². The van der Waals surface area contributed by atoms with Crippen LogP contribution in [0.1, 0.15) is 44.1 Å². The molecular formula is C23H28N6O2S. The van der Waals surface area contributed by atoms with E-state index >= 15 is 0 Å². The van der Waals surface area contributed by atoms with Crippen molar-refractivity contribution in [2.75, 3.05) is 17.7 Å². The normalized spacial score (nSPS) is 21.4. The second-order valence-corrected chi connectivity index (χ2v) is 11.3. The monoisotopic (exact) mass is 452 g/mol. The SMILES string of the molecule is C[C@@H]1Cc2ncnc(C3=CCN(S(C)(=O)=O)C(C)(C)C3)c2CN1c1ccnc2[nH]ccc12. The van der Waals surface area contributed by atoms with E-state index in [2.05, 4.69) is 43.9 Å². The highest BCUT2D eigenvalue weighted by molar-refractivity contribution is 7.88. The number of anilines is 1. The Morgan fingerprint density at radius 2 is 2.00 bits per heavy atom. The average molecular weight is 453 g/mol. The minimum absolute atomic E-state index is 0.281. The van der Waals surface area contributed by atoms with E-state index < -0.39 is 15.6 Å². The Bertz CT molecular complexity index is 1330. The van der Waals surface area contributed by atoms with Gasteiger partial charge in [0, 0.05) is 60.1 Å². The molecule has 168 valence electrons. The third-order valence-corrected chi connectivity index (χ3v) is 8.08. The topological polar surface area (TPSA) is 95.1 Å². The molecule has 9 heteroatoms. The first kappa shape index (κ1) is 21.1. The fraction of sp³-hybridized carbons (Fsp3) is 0.435. The summed E-state index contributed by atoms with van der Waals surface area (Å²) < 4.78 is 26.1. The Kier molecular flexibility index (Phi) is 4.86. The molecule has 0 saturated heterocycles. The molecule has 1 atom stereocenters. The van der Waals surface area contributed by atoms with Crippen LogP contribution in [0.15, 0.2) is 36.9 Å². The number of hydrogen-bond acceptors (Lipinski definition) is 6. The molecule has 0 spiro atoms. The van der Waals surface area contributed by atoms with Crippen LogP contribution in [0.2, 0.25) is 0 Å². The van der Waals surface area contributed by atoms with Crippen LogP contribution in [0.4, 0.5) is 5.69 Å². The van der Waals surface area contributed by atoms with Gasteiger partial charge in [0.05, 0.1) is 17.6 Å². The van der Waals surface area contributed by atoms with Gasteiger partial charge < -0.3 is 9.88 Å². The van der Waals surface area contributed by atoms with Crippen LogP contribution in [0.25, 0.3) is 16.6 Å². The van der Waals surface area contributed by atoms with Crippen LogP contribution < -0.4 is 4.90 Å². The fourth-order valence-corrected chi connectivity index (χ4v) is 6.44. The summed E-state index contributed by atoms with van der Waals surface area (Å²) in [5.41, 5.74) is 5.73. The highest BCUT2D eigenvalue weighted by Crippen LogP contribution is 2.38. The van der Waals surface area contributed by atoms with Crippen LogP contribution in [0.3, 0.4) is 0 Å². The molecule has 0 radical (unpaired) electrons. The van der Waals surface area contributed by atoms with Gasteiger partial charge in [-0.05, 0) is 44.9 Å². The molecule has 2 aliphatic heterocycles. The van der Waals surface area contributed by atoms with Gasteiger partial charge >= 0.3 is 0 Å². The van der Waals surface area contributed by atoms with Crippen LogP contribution >= 0.6 is 0 Å². The molecule has 8 nitrogen and oxygen atoms in total. The molecular weight excluding hydrogens is 424 g/mol. The Labute approximate surface area is 188 Å². The molecule has 0 aromatic carbocycles. The zero-order valence-corrected chi connectivity index (χ0v) is 19.6. The van der Waals surface area contributed by atoms with Crippen LogP contribution in [0, 0.1) is 0 Å². The highest BCUT2D eigenvalue weighted by Gasteiger charge is 2.38. The first-order chi connectivity index (χ1) is 15.1. The molecule has 32 heavy (non-hydrogen) atoms. The summed E-state index contributed by atoms with van der Waals surface area (Å²) in [4.78, 5) is 19.3. The largest absolute Gasteiger partial charge is 0.363 e. The summed E-state index contributed by atoms with van der Waals surface area (Å²) in [7, 11) is -3.28. The van der Waals surface area contributed by atoms with Crippen molar-refractivity contribution in [2.45, 2.75) is 51.7 Å². The lowest BCUT2D eigenvalue weighted by Crippen LogP contribution is -2.49. The Morgan fingerprint density at radius 1 is 1.19 bits per heavy atom. The molecule has 5 rings (SSSR count). The maximum atomic E-state index is 12.3. The summed E-state index contributed by atoms with van der Waals surface area (Å²) in [6.45, 7) is 7.22. The Balaban J connectivity index is 1.55. The maximum Gasteiger partial charge on any atom is 0.211 e. The summed E-state index contributed by atoms with van der Waals surface area (Å²) in [5.74, 6) is 0. The van der Waals surface area contributed by atoms with Crippen molar-refractivity contribution in [2.24, 2.45) is 0 Å². The van der Waals surface area contributed by atoms with Crippen molar-refractivity contribution in [3.63, 3.8) is 0 Å². The van der Waals surface area contributed by atoms with Gasteiger partial charge in [-0.1, -0.05) is 6.08 Å². The van der Waals surface area contributed by atoms with Gasteiger partial charge in [-0.2, -0.15) is 4.31 Å². The van der Waals surface area contributed by atoms with E-state index in [1.165, 1.54) is 6.26 Å². The molecule has 0 unspecified atom stereocenters. The van der Waals surface area contributed by atoms with Crippen molar-refractivity contribution >= 4 is 32.3 Å². The zero-order valence-electron chi connectivity index (χ0n) is 18.8. The van der Waals surface area contributed by atoms with Gasteiger partial charge in [0.2, 0.25) is 10.0 Å². The molecule has 1 N–H and O–H groups in total. The number of aromatic amines is 1. The van der Waals surface area contributed by atoms with E-state index in [4.69, 9.17) is 0 Å². The lowest BCUT2D eigenvalue weighted by Gasteiger charge is -2.41. The molecule has 0 amide bonds. The number of nitrogens with one attached hydrogen (secondary N) is 1. The molecule has 0 saturated carbocycles. The standard InChI is InChI=1S/C23H28N6O2S/c1-15-11-19-18(13-28(15)20-6-9-25-22-17(20)5-8-24-22)21(27-14-26-19)16-7-10-29(32(4,30)31)23(2,3)12-16/h5-9,14-15H,10-13H2,1-4H3,(H,24,25)/t15-/m1/s1. The first-order valence-electron chi connectivity index (χ1n) is 10.8. The summed E-state index contributed by atoms with van der Waals surface area (Å²) in [5, 5.41) is 1.10. The minimum atomic E-state index is -3.28. The van der Waals surface area contributed by atoms with Crippen LogP contribution in [-0.4, -0.2) is 57.0 Å². The van der Waals surface area contributed by atoms with Crippen molar-refractivity contribution < 1.29 is 8.42 Å². The third-order valence-electron chi connectivity index (χ3n) is 6.64. The summed E-state index contributed by atoms with van der Waals surface area (Å²) >= 11 is 0. The highest BCUT2D eigenvalue weighted by atomic mass is 32.2. The van der Waals surface area contributed by atoms with Gasteiger partial charge in [0.15, 0.2) is 0 Å². The van der Waals surface area contributed by atoms with Gasteiger partial charge in [0.1, 0.15) is 12.0 Å². The molecule has 3 aromatic rings. The second-order valence-electron chi connectivity index (χ2n) is 9.41. The lowest BCUT2D eigenvalue weighted by atomic mass is 9.86. The number of rotatable bonds is 3. The van der Waals surface area contributed by atoms with E-state index in [9.17, 15) is 8.42 Å². The molecule has 0 bridgehead atoms. The van der Waals surface area contributed by atoms with E-state index in [1.807, 2.05) is 32.3 Å². The smallest absolute Gasteiger partial charge is 0.211 e. The molecule has 0 aliphatic carbocycles. The number of pyridine rings is 1. The van der Waals surface area contributed by atoms with Crippen LogP contribution in [-0.2, 0) is 23.0 Å². The molecule has 5 heterocycles. The number of H-pyrrole nitrogens is 1. The lowest BCUT2D eigenvalue weighted by molar-refractivity contribution is 0.243. The van der Waals surface area contributed by atoms with Crippen LogP contribution in [0.5, 0.6) is 0 Å². The fourth-order valence-electron chi connectivity index (χ4n) is 5.13. The number of fused-ring (bicyclic) bond motifs is 2. The summed E-state index contributed by atoms with van der Waals surface area (Å²) in [6.07, 6.45) is 10.1. The maximum absolute atomic E-state index is 12.3. The molecule has 3 aromatic heterocycles. The predicted octanol–water partition coefficient (Wildman–Crippen LogP) is 3.13. The Hall–Kier alpha value is -2.78. The van der Waals surface area contributed by atoms with Crippen molar-refractivity contribution in [3.8, 4) is 0 Å². The van der Waals surface area contributed by atoms with E-state index in [0.29, 0.717) is 19.5 Å². The number of aromatic nitrogens is 4. The first-order valence-corrected chi connectivity index (χ1v) is 12.7. The number of nitrogens with zero attached hydrogens (tertiary/aromatic N) is 5. The molecule has 0 fully saturated rings. The van der Waals surface area contributed by atoms with Gasteiger partial charge in [0.25, 0.3) is 0 Å². The number of sulfonamides is 1. The second kappa shape index (κ2) is 7.38. The van der Waals surface area contributed by atoms with E-state index in [-0.39, 0.29) is 6.04 Å². The number of hydrogen-bond donors (Lipinski definition) is 1.